The van der Waals surface area contributed by atoms with Gasteiger partial charge in [-0.25, -0.2) is 0 Å². The van der Waals surface area contributed by atoms with Gasteiger partial charge in [0, 0.05) is 18.0 Å². The lowest BCUT2D eigenvalue weighted by Gasteiger charge is -2.33. The van der Waals surface area contributed by atoms with Gasteiger partial charge < -0.3 is 5.32 Å². The van der Waals surface area contributed by atoms with Crippen LogP contribution in [0.25, 0.3) is 0 Å². The highest BCUT2D eigenvalue weighted by atomic mass is 32.2. The van der Waals surface area contributed by atoms with Gasteiger partial charge in [0.2, 0.25) is 0 Å². The first kappa shape index (κ1) is 13.0. The van der Waals surface area contributed by atoms with Gasteiger partial charge in [-0.2, -0.15) is 16.9 Å². The molecule has 0 radical (unpaired) electrons. The van der Waals surface area contributed by atoms with Crippen LogP contribution in [0.2, 0.25) is 0 Å². The average molecular weight is 253 g/mol. The number of thioether (sulfide) groups is 1. The summed E-state index contributed by atoms with van der Waals surface area (Å²) in [5.41, 5.74) is 1.19. The molecule has 0 amide bonds. The Morgan fingerprint density at radius 1 is 1.65 bits per heavy atom. The zero-order chi connectivity index (χ0) is 12.3. The second-order valence-corrected chi connectivity index (χ2v) is 6.70. The van der Waals surface area contributed by atoms with Gasteiger partial charge >= 0.3 is 0 Å². The molecule has 1 aliphatic heterocycles. The van der Waals surface area contributed by atoms with Crippen molar-refractivity contribution in [2.75, 3.05) is 12.3 Å². The molecule has 1 aromatic rings. The van der Waals surface area contributed by atoms with E-state index in [0.717, 1.165) is 6.54 Å². The number of aromatic nitrogens is 2. The lowest BCUT2D eigenvalue weighted by molar-refractivity contribution is 0.402. The third kappa shape index (κ3) is 2.86. The van der Waals surface area contributed by atoms with E-state index in [2.05, 4.69) is 42.1 Å². The number of aryl methyl sites for hydroxylation is 1. The molecule has 96 valence electrons. The quantitative estimate of drug-likeness (QED) is 0.875. The fraction of sp³-hybridized carbons (Fsp3) is 0.769. The summed E-state index contributed by atoms with van der Waals surface area (Å²) >= 11 is 2.10. The molecule has 1 fully saturated rings. The molecular formula is C13H23N3S. The summed E-state index contributed by atoms with van der Waals surface area (Å²) < 4.78 is 2.21. The Morgan fingerprint density at radius 2 is 2.47 bits per heavy atom. The van der Waals surface area contributed by atoms with Crippen LogP contribution in [0.3, 0.4) is 0 Å². The van der Waals surface area contributed by atoms with Gasteiger partial charge in [0.1, 0.15) is 0 Å². The largest absolute Gasteiger partial charge is 0.307 e. The number of hydrogen-bond acceptors (Lipinski definition) is 3. The van der Waals surface area contributed by atoms with E-state index in [0.29, 0.717) is 10.8 Å². The molecule has 1 aromatic heterocycles. The summed E-state index contributed by atoms with van der Waals surface area (Å²) in [6.07, 6.45) is 5.83. The van der Waals surface area contributed by atoms with E-state index in [1.807, 2.05) is 17.9 Å². The zero-order valence-electron chi connectivity index (χ0n) is 11.1. The summed E-state index contributed by atoms with van der Waals surface area (Å²) in [6.45, 7) is 5.66. The SMILES string of the molecule is CCCNC(c1ccn(C)n1)C1(C)CCCS1. The highest BCUT2D eigenvalue weighted by Gasteiger charge is 2.39. The second-order valence-electron chi connectivity index (χ2n) is 5.07. The van der Waals surface area contributed by atoms with Gasteiger partial charge in [-0.15, -0.1) is 0 Å². The van der Waals surface area contributed by atoms with Crippen molar-refractivity contribution in [3.05, 3.63) is 18.0 Å². The summed E-state index contributed by atoms with van der Waals surface area (Å²) in [6, 6.07) is 2.54. The first-order valence-corrected chi connectivity index (χ1v) is 7.51. The standard InChI is InChI=1S/C13H23N3S/c1-4-8-14-12(11-6-9-16(3)15-11)13(2)7-5-10-17-13/h6,9,12,14H,4-5,7-8,10H2,1-3H3. The van der Waals surface area contributed by atoms with Crippen molar-refractivity contribution < 1.29 is 0 Å². The molecule has 0 aliphatic carbocycles. The number of nitrogens with one attached hydrogen (secondary N) is 1. The van der Waals surface area contributed by atoms with Gasteiger partial charge in [0.15, 0.2) is 0 Å². The Bertz CT molecular complexity index is 355. The van der Waals surface area contributed by atoms with Gasteiger partial charge in [0.05, 0.1) is 11.7 Å². The topological polar surface area (TPSA) is 29.9 Å². The van der Waals surface area contributed by atoms with Crippen LogP contribution in [0.15, 0.2) is 12.3 Å². The molecule has 0 aromatic carbocycles. The van der Waals surface area contributed by atoms with Crippen LogP contribution >= 0.6 is 11.8 Å². The fourth-order valence-electron chi connectivity index (χ4n) is 2.54. The normalized spacial score (nSPS) is 26.3. The minimum Gasteiger partial charge on any atom is -0.307 e. The minimum atomic E-state index is 0.309. The molecule has 2 rings (SSSR count). The molecule has 0 saturated carbocycles. The Kier molecular flexibility index (Phi) is 4.15. The van der Waals surface area contributed by atoms with Crippen molar-refractivity contribution in [2.45, 2.75) is 43.9 Å². The zero-order valence-corrected chi connectivity index (χ0v) is 11.9. The Morgan fingerprint density at radius 3 is 3.00 bits per heavy atom. The second kappa shape index (κ2) is 5.44. The van der Waals surface area contributed by atoms with Crippen LogP contribution in [0.4, 0.5) is 0 Å². The van der Waals surface area contributed by atoms with E-state index >= 15 is 0 Å². The summed E-state index contributed by atoms with van der Waals surface area (Å²) in [7, 11) is 1.99. The van der Waals surface area contributed by atoms with E-state index in [4.69, 9.17) is 0 Å². The summed E-state index contributed by atoms with van der Waals surface area (Å²) in [5.74, 6) is 1.29. The molecular weight excluding hydrogens is 230 g/mol. The molecule has 17 heavy (non-hydrogen) atoms. The highest BCUT2D eigenvalue weighted by molar-refractivity contribution is 8.00. The molecule has 0 bridgehead atoms. The predicted molar refractivity (Wildman–Crippen MR) is 74.3 cm³/mol. The number of hydrogen-bond donors (Lipinski definition) is 1. The van der Waals surface area contributed by atoms with Gasteiger partial charge in [0.25, 0.3) is 0 Å². The third-order valence-electron chi connectivity index (χ3n) is 3.49. The highest BCUT2D eigenvalue weighted by Crippen LogP contribution is 2.46. The van der Waals surface area contributed by atoms with Crippen LogP contribution in [0.5, 0.6) is 0 Å². The van der Waals surface area contributed by atoms with Crippen LogP contribution in [-0.4, -0.2) is 26.8 Å². The molecule has 2 heterocycles. The smallest absolute Gasteiger partial charge is 0.0807 e. The minimum absolute atomic E-state index is 0.309. The summed E-state index contributed by atoms with van der Waals surface area (Å²) in [4.78, 5) is 0. The lowest BCUT2D eigenvalue weighted by atomic mass is 9.93. The molecule has 1 aliphatic rings. The maximum Gasteiger partial charge on any atom is 0.0807 e. The van der Waals surface area contributed by atoms with Crippen LogP contribution in [0, 0.1) is 0 Å². The van der Waals surface area contributed by atoms with Crippen LogP contribution in [-0.2, 0) is 7.05 Å². The molecule has 1 N–H and O–H groups in total. The van der Waals surface area contributed by atoms with Crippen molar-refractivity contribution in [1.82, 2.24) is 15.1 Å². The van der Waals surface area contributed by atoms with E-state index < -0.39 is 0 Å². The molecule has 4 heteroatoms. The first-order valence-electron chi connectivity index (χ1n) is 6.52. The van der Waals surface area contributed by atoms with Gasteiger partial charge in [-0.1, -0.05) is 6.92 Å². The van der Waals surface area contributed by atoms with Crippen molar-refractivity contribution in [1.29, 1.82) is 0 Å². The van der Waals surface area contributed by atoms with E-state index in [1.54, 1.807) is 0 Å². The number of rotatable bonds is 5. The van der Waals surface area contributed by atoms with Crippen molar-refractivity contribution in [2.24, 2.45) is 7.05 Å². The third-order valence-corrected chi connectivity index (χ3v) is 5.08. The molecule has 2 atom stereocenters. The lowest BCUT2D eigenvalue weighted by Crippen LogP contribution is -2.38. The van der Waals surface area contributed by atoms with E-state index in [9.17, 15) is 0 Å². The average Bonchev–Trinajstić information content (AvgIpc) is 2.89. The Hall–Kier alpha value is -0.480. The van der Waals surface area contributed by atoms with Crippen molar-refractivity contribution in [3.63, 3.8) is 0 Å². The summed E-state index contributed by atoms with van der Waals surface area (Å²) in [5, 5.41) is 8.28. The monoisotopic (exact) mass is 253 g/mol. The number of nitrogens with zero attached hydrogens (tertiary/aromatic N) is 2. The van der Waals surface area contributed by atoms with Crippen molar-refractivity contribution >= 4 is 11.8 Å². The maximum atomic E-state index is 4.59. The van der Waals surface area contributed by atoms with E-state index in [1.165, 1.54) is 30.7 Å². The van der Waals surface area contributed by atoms with Crippen molar-refractivity contribution in [3.8, 4) is 0 Å². The molecule has 1 saturated heterocycles. The Labute approximate surface area is 108 Å². The molecule has 3 nitrogen and oxygen atoms in total. The van der Waals surface area contributed by atoms with Crippen LogP contribution in [0.1, 0.15) is 44.8 Å². The molecule has 2 unspecified atom stereocenters. The Balaban J connectivity index is 2.18. The first-order chi connectivity index (χ1) is 8.15. The van der Waals surface area contributed by atoms with Gasteiger partial charge in [-0.05, 0) is 44.6 Å². The van der Waals surface area contributed by atoms with E-state index in [-0.39, 0.29) is 0 Å². The van der Waals surface area contributed by atoms with Gasteiger partial charge in [-0.3, -0.25) is 4.68 Å². The fourth-order valence-corrected chi connectivity index (χ4v) is 3.95. The maximum absolute atomic E-state index is 4.59. The molecule has 0 spiro atoms. The predicted octanol–water partition coefficient (Wildman–Crippen LogP) is 2.75. The van der Waals surface area contributed by atoms with Crippen LogP contribution < -0.4 is 5.32 Å².